The molecule has 0 N–H and O–H groups in total. The minimum absolute atomic E-state index is 0.264. The van der Waals surface area contributed by atoms with Gasteiger partial charge in [-0.2, -0.15) is 4.98 Å². The summed E-state index contributed by atoms with van der Waals surface area (Å²) in [6.45, 7) is 7.24. The maximum absolute atomic E-state index is 5.38. The first-order valence-electron chi connectivity index (χ1n) is 10.5. The van der Waals surface area contributed by atoms with Crippen LogP contribution < -0.4 is 4.90 Å². The quantitative estimate of drug-likeness (QED) is 0.594. The number of thiazole rings is 1. The second-order valence-corrected chi connectivity index (χ2v) is 9.34. The molecule has 0 bridgehead atoms. The summed E-state index contributed by atoms with van der Waals surface area (Å²) in [5, 5.41) is 7.53. The van der Waals surface area contributed by atoms with Crippen LogP contribution in [-0.4, -0.2) is 46.2 Å². The van der Waals surface area contributed by atoms with Crippen molar-refractivity contribution < 1.29 is 4.52 Å². The van der Waals surface area contributed by atoms with Crippen LogP contribution in [0.3, 0.4) is 0 Å². The van der Waals surface area contributed by atoms with Gasteiger partial charge >= 0.3 is 0 Å². The molecule has 29 heavy (non-hydrogen) atoms. The van der Waals surface area contributed by atoms with Gasteiger partial charge in [0.05, 0.1) is 6.54 Å². The van der Waals surface area contributed by atoms with Crippen molar-refractivity contribution in [3.8, 4) is 0 Å². The molecule has 0 saturated carbocycles. The highest BCUT2D eigenvalue weighted by Crippen LogP contribution is 2.47. The molecule has 0 radical (unpaired) electrons. The van der Waals surface area contributed by atoms with E-state index in [4.69, 9.17) is 4.52 Å². The lowest BCUT2D eigenvalue weighted by atomic mass is 9.76. The zero-order valence-electron chi connectivity index (χ0n) is 16.8. The number of hydrogen-bond acceptors (Lipinski definition) is 7. The van der Waals surface area contributed by atoms with Gasteiger partial charge in [-0.3, -0.25) is 4.90 Å². The van der Waals surface area contributed by atoms with E-state index in [1.807, 2.05) is 13.1 Å². The third-order valence-electron chi connectivity index (χ3n) is 6.47. The molecule has 0 amide bonds. The first-order valence-corrected chi connectivity index (χ1v) is 11.3. The van der Waals surface area contributed by atoms with Crippen LogP contribution in [0.2, 0.25) is 0 Å². The van der Waals surface area contributed by atoms with Crippen LogP contribution in [0.1, 0.15) is 29.8 Å². The second kappa shape index (κ2) is 7.88. The van der Waals surface area contributed by atoms with E-state index >= 15 is 0 Å². The Balaban J connectivity index is 1.34. The summed E-state index contributed by atoms with van der Waals surface area (Å²) in [4.78, 5) is 14.0. The number of aryl methyl sites for hydroxylation is 2. The van der Waals surface area contributed by atoms with Crippen LogP contribution in [0.4, 0.5) is 5.95 Å². The Morgan fingerprint density at radius 1 is 1.21 bits per heavy atom. The fourth-order valence-corrected chi connectivity index (χ4v) is 5.66. The molecule has 2 saturated heterocycles. The Morgan fingerprint density at radius 2 is 2.10 bits per heavy atom. The molecule has 2 aliphatic heterocycles. The van der Waals surface area contributed by atoms with Gasteiger partial charge in [-0.25, -0.2) is 4.98 Å². The predicted octanol–water partition coefficient (Wildman–Crippen LogP) is 3.66. The minimum Gasteiger partial charge on any atom is -0.337 e. The van der Waals surface area contributed by atoms with Gasteiger partial charge in [0.1, 0.15) is 5.01 Å². The van der Waals surface area contributed by atoms with Crippen molar-refractivity contribution in [2.45, 2.75) is 32.7 Å². The average Bonchev–Trinajstić information content (AvgIpc) is 3.51. The molecule has 2 aromatic heterocycles. The normalized spacial score (nSPS) is 24.3. The molecule has 2 aliphatic rings. The first-order chi connectivity index (χ1) is 14.2. The molecule has 6 nitrogen and oxygen atoms in total. The average molecular weight is 410 g/mol. The van der Waals surface area contributed by atoms with Crippen molar-refractivity contribution in [2.24, 2.45) is 11.3 Å². The molecule has 0 spiro atoms. The summed E-state index contributed by atoms with van der Waals surface area (Å²) in [6, 6.07) is 10.9. The van der Waals surface area contributed by atoms with Crippen LogP contribution in [0, 0.1) is 11.3 Å². The Labute approximate surface area is 175 Å². The van der Waals surface area contributed by atoms with Crippen LogP contribution in [-0.2, 0) is 19.4 Å². The molecule has 5 rings (SSSR count). The number of nitrogens with zero attached hydrogens (tertiary/aromatic N) is 5. The highest BCUT2D eigenvalue weighted by Gasteiger charge is 2.52. The van der Waals surface area contributed by atoms with Crippen molar-refractivity contribution in [2.75, 3.05) is 31.1 Å². The number of benzene rings is 1. The van der Waals surface area contributed by atoms with E-state index in [1.165, 1.54) is 17.0 Å². The summed E-state index contributed by atoms with van der Waals surface area (Å²) in [6.07, 6.45) is 4.99. The maximum atomic E-state index is 5.38. The monoisotopic (exact) mass is 409 g/mol. The van der Waals surface area contributed by atoms with Crippen molar-refractivity contribution >= 4 is 17.3 Å². The lowest BCUT2D eigenvalue weighted by molar-refractivity contribution is 0.240. The largest absolute Gasteiger partial charge is 0.337 e. The number of likely N-dealkylation sites (tertiary alicyclic amines) is 1. The lowest BCUT2D eigenvalue weighted by Crippen LogP contribution is -2.35. The van der Waals surface area contributed by atoms with E-state index in [0.717, 1.165) is 57.4 Å². The maximum Gasteiger partial charge on any atom is 0.266 e. The highest BCUT2D eigenvalue weighted by molar-refractivity contribution is 7.09. The molecule has 2 unspecified atom stereocenters. The standard InChI is InChI=1S/C22H27N5OS/c1-2-19-24-21(25-28-19)27-13-18-12-26(14-20-23-10-11-29-20)15-22(18,16-27)9-8-17-6-4-3-5-7-17/h3-7,10-11,18H,2,8-9,12-16H2,1H3. The fourth-order valence-electron chi connectivity index (χ4n) is 5.00. The zero-order valence-corrected chi connectivity index (χ0v) is 17.6. The molecule has 0 aliphatic carbocycles. The predicted molar refractivity (Wildman–Crippen MR) is 114 cm³/mol. The highest BCUT2D eigenvalue weighted by atomic mass is 32.1. The van der Waals surface area contributed by atoms with Gasteiger partial charge in [0.25, 0.3) is 5.95 Å². The van der Waals surface area contributed by atoms with Crippen LogP contribution in [0.25, 0.3) is 0 Å². The Kier molecular flexibility index (Phi) is 5.09. The van der Waals surface area contributed by atoms with Crippen LogP contribution in [0.15, 0.2) is 46.4 Å². The molecule has 3 aromatic rings. The Bertz CT molecular complexity index is 928. The van der Waals surface area contributed by atoms with E-state index < -0.39 is 0 Å². The smallest absolute Gasteiger partial charge is 0.266 e. The molecular formula is C22H27N5OS. The summed E-state index contributed by atoms with van der Waals surface area (Å²) in [5.41, 5.74) is 1.69. The van der Waals surface area contributed by atoms with Gasteiger partial charge in [0.2, 0.25) is 5.89 Å². The molecule has 2 fully saturated rings. The van der Waals surface area contributed by atoms with E-state index in [0.29, 0.717) is 5.92 Å². The van der Waals surface area contributed by atoms with Crippen molar-refractivity contribution in [3.05, 3.63) is 58.4 Å². The third kappa shape index (κ3) is 3.81. The van der Waals surface area contributed by atoms with Gasteiger partial charge < -0.3 is 9.42 Å². The van der Waals surface area contributed by atoms with Crippen molar-refractivity contribution in [1.29, 1.82) is 0 Å². The third-order valence-corrected chi connectivity index (χ3v) is 7.23. The van der Waals surface area contributed by atoms with Gasteiger partial charge in [-0.1, -0.05) is 37.3 Å². The summed E-state index contributed by atoms with van der Waals surface area (Å²) in [7, 11) is 0. The summed E-state index contributed by atoms with van der Waals surface area (Å²) in [5.74, 6) is 2.11. The summed E-state index contributed by atoms with van der Waals surface area (Å²) >= 11 is 1.75. The van der Waals surface area contributed by atoms with Crippen molar-refractivity contribution in [1.82, 2.24) is 20.0 Å². The number of aromatic nitrogens is 3. The number of fused-ring (bicyclic) bond motifs is 1. The molecule has 2 atom stereocenters. The molecular weight excluding hydrogens is 382 g/mol. The Morgan fingerprint density at radius 3 is 2.86 bits per heavy atom. The van der Waals surface area contributed by atoms with Crippen molar-refractivity contribution in [3.63, 3.8) is 0 Å². The number of rotatable bonds is 7. The molecule has 7 heteroatoms. The van der Waals surface area contributed by atoms with Gasteiger partial charge in [0, 0.05) is 49.6 Å². The van der Waals surface area contributed by atoms with E-state index in [-0.39, 0.29) is 5.41 Å². The molecule has 4 heterocycles. The lowest BCUT2D eigenvalue weighted by Gasteiger charge is -2.29. The zero-order chi connectivity index (χ0) is 19.7. The number of anilines is 1. The fraction of sp³-hybridized carbons (Fsp3) is 0.500. The van der Waals surface area contributed by atoms with Crippen LogP contribution in [0.5, 0.6) is 0 Å². The molecule has 1 aromatic carbocycles. The molecule has 152 valence electrons. The van der Waals surface area contributed by atoms with Crippen LogP contribution >= 0.6 is 11.3 Å². The van der Waals surface area contributed by atoms with Gasteiger partial charge in [-0.15, -0.1) is 11.3 Å². The minimum atomic E-state index is 0.264. The van der Waals surface area contributed by atoms with Gasteiger partial charge in [0.15, 0.2) is 0 Å². The van der Waals surface area contributed by atoms with Gasteiger partial charge in [-0.05, 0) is 29.5 Å². The second-order valence-electron chi connectivity index (χ2n) is 8.36. The van der Waals surface area contributed by atoms with E-state index in [2.05, 4.69) is 60.6 Å². The first kappa shape index (κ1) is 18.8. The topological polar surface area (TPSA) is 58.3 Å². The number of hydrogen-bond donors (Lipinski definition) is 0. The van der Waals surface area contributed by atoms with E-state index in [1.54, 1.807) is 11.3 Å². The summed E-state index contributed by atoms with van der Waals surface area (Å²) < 4.78 is 5.38. The Hall–Kier alpha value is -2.25. The van der Waals surface area contributed by atoms with E-state index in [9.17, 15) is 0 Å². The SMILES string of the molecule is CCc1nc(N2CC3CN(Cc4nccs4)CC3(CCc3ccccc3)C2)no1.